The van der Waals surface area contributed by atoms with E-state index in [2.05, 4.69) is 20.9 Å². The predicted molar refractivity (Wildman–Crippen MR) is 47.0 cm³/mol. The third-order valence-corrected chi connectivity index (χ3v) is 1.66. The topological polar surface area (TPSA) is 38.9 Å². The lowest BCUT2D eigenvalue weighted by Gasteiger charge is -1.95. The second-order valence-electron chi connectivity index (χ2n) is 1.78. The minimum atomic E-state index is -0.511. The average Bonchev–Trinajstić information content (AvgIpc) is 1.95. The molecule has 0 radical (unpaired) electrons. The normalized spacial score (nSPS) is 9.00. The standard InChI is InChI=1S/C6H6BrFN2.ClH/c7-5-2-1-4(3-9)10-6(5)8;/h1-2H,3,9H2;1H. The summed E-state index contributed by atoms with van der Waals surface area (Å²) in [5.74, 6) is -0.511. The van der Waals surface area contributed by atoms with E-state index in [4.69, 9.17) is 5.73 Å². The molecule has 11 heavy (non-hydrogen) atoms. The summed E-state index contributed by atoms with van der Waals surface area (Å²) in [7, 11) is 0. The maximum absolute atomic E-state index is 12.6. The van der Waals surface area contributed by atoms with Gasteiger partial charge in [0.2, 0.25) is 5.95 Å². The van der Waals surface area contributed by atoms with Gasteiger partial charge >= 0.3 is 0 Å². The van der Waals surface area contributed by atoms with Crippen molar-refractivity contribution in [2.24, 2.45) is 5.73 Å². The third kappa shape index (κ3) is 2.73. The fourth-order valence-corrected chi connectivity index (χ4v) is 0.789. The molecule has 0 atom stereocenters. The van der Waals surface area contributed by atoms with Gasteiger partial charge in [0.25, 0.3) is 0 Å². The molecule has 1 heterocycles. The largest absolute Gasteiger partial charge is 0.325 e. The second kappa shape index (κ2) is 4.64. The fraction of sp³-hybridized carbons (Fsp3) is 0.167. The van der Waals surface area contributed by atoms with Crippen LogP contribution in [0.25, 0.3) is 0 Å². The summed E-state index contributed by atoms with van der Waals surface area (Å²) in [6.45, 7) is 0.268. The Labute approximate surface area is 78.5 Å². The van der Waals surface area contributed by atoms with Crippen LogP contribution in [0.4, 0.5) is 4.39 Å². The van der Waals surface area contributed by atoms with Crippen molar-refractivity contribution in [1.82, 2.24) is 4.98 Å². The molecule has 0 saturated heterocycles. The smallest absolute Gasteiger partial charge is 0.227 e. The van der Waals surface area contributed by atoms with E-state index in [9.17, 15) is 4.39 Å². The van der Waals surface area contributed by atoms with Crippen LogP contribution in [-0.2, 0) is 6.54 Å². The first-order chi connectivity index (χ1) is 4.74. The number of aromatic nitrogens is 1. The minimum absolute atomic E-state index is 0. The van der Waals surface area contributed by atoms with Crippen molar-refractivity contribution < 1.29 is 4.39 Å². The minimum Gasteiger partial charge on any atom is -0.325 e. The van der Waals surface area contributed by atoms with Crippen LogP contribution in [0.1, 0.15) is 5.69 Å². The van der Waals surface area contributed by atoms with Crippen molar-refractivity contribution in [3.8, 4) is 0 Å². The Morgan fingerprint density at radius 1 is 1.55 bits per heavy atom. The number of pyridine rings is 1. The summed E-state index contributed by atoms with van der Waals surface area (Å²) in [5.41, 5.74) is 5.78. The highest BCUT2D eigenvalue weighted by Gasteiger charge is 1.99. The van der Waals surface area contributed by atoms with Crippen LogP contribution in [-0.4, -0.2) is 4.98 Å². The zero-order chi connectivity index (χ0) is 7.56. The number of hydrogen-bond donors (Lipinski definition) is 1. The van der Waals surface area contributed by atoms with Crippen LogP contribution in [0.5, 0.6) is 0 Å². The van der Waals surface area contributed by atoms with Gasteiger partial charge in [-0.05, 0) is 28.1 Å². The zero-order valence-electron chi connectivity index (χ0n) is 5.55. The van der Waals surface area contributed by atoms with Gasteiger partial charge in [-0.3, -0.25) is 0 Å². The highest BCUT2D eigenvalue weighted by Crippen LogP contribution is 2.12. The van der Waals surface area contributed by atoms with E-state index in [1.165, 1.54) is 0 Å². The molecule has 0 aliphatic carbocycles. The van der Waals surface area contributed by atoms with Crippen molar-refractivity contribution in [3.63, 3.8) is 0 Å². The third-order valence-electron chi connectivity index (χ3n) is 1.07. The summed E-state index contributed by atoms with van der Waals surface area (Å²) in [5, 5.41) is 0. The van der Waals surface area contributed by atoms with Crippen molar-refractivity contribution in [1.29, 1.82) is 0 Å². The van der Waals surface area contributed by atoms with E-state index in [1.54, 1.807) is 12.1 Å². The summed E-state index contributed by atoms with van der Waals surface area (Å²) in [6, 6.07) is 3.26. The molecule has 0 spiro atoms. The van der Waals surface area contributed by atoms with Crippen LogP contribution < -0.4 is 5.73 Å². The number of nitrogens with zero attached hydrogens (tertiary/aromatic N) is 1. The van der Waals surface area contributed by atoms with Gasteiger partial charge in [0.05, 0.1) is 10.2 Å². The van der Waals surface area contributed by atoms with Gasteiger partial charge in [-0.25, -0.2) is 4.98 Å². The van der Waals surface area contributed by atoms with E-state index >= 15 is 0 Å². The number of rotatable bonds is 1. The summed E-state index contributed by atoms with van der Waals surface area (Å²) in [6.07, 6.45) is 0. The Balaban J connectivity index is 0.000001000. The van der Waals surface area contributed by atoms with E-state index in [0.29, 0.717) is 10.2 Å². The average molecular weight is 241 g/mol. The van der Waals surface area contributed by atoms with Gasteiger partial charge in [-0.15, -0.1) is 12.4 Å². The van der Waals surface area contributed by atoms with Crippen molar-refractivity contribution >= 4 is 28.3 Å². The first-order valence-electron chi connectivity index (χ1n) is 2.75. The molecule has 1 rings (SSSR count). The van der Waals surface area contributed by atoms with Gasteiger partial charge in [0, 0.05) is 6.54 Å². The molecule has 1 aromatic rings. The highest BCUT2D eigenvalue weighted by molar-refractivity contribution is 9.10. The van der Waals surface area contributed by atoms with Gasteiger partial charge in [-0.1, -0.05) is 0 Å². The molecule has 5 heteroatoms. The molecule has 0 aliphatic rings. The Morgan fingerprint density at radius 2 is 2.18 bits per heavy atom. The Morgan fingerprint density at radius 3 is 2.64 bits per heavy atom. The molecule has 0 unspecified atom stereocenters. The van der Waals surface area contributed by atoms with Crippen LogP contribution in [0, 0.1) is 5.95 Å². The molecule has 62 valence electrons. The van der Waals surface area contributed by atoms with E-state index in [1.807, 2.05) is 0 Å². The van der Waals surface area contributed by atoms with Crippen molar-refractivity contribution in [2.75, 3.05) is 0 Å². The Bertz CT molecular complexity index is 244. The molecule has 0 aromatic carbocycles. The maximum atomic E-state index is 12.6. The second-order valence-corrected chi connectivity index (χ2v) is 2.63. The molecule has 2 N–H and O–H groups in total. The van der Waals surface area contributed by atoms with Crippen LogP contribution in [0.3, 0.4) is 0 Å². The molecular weight excluding hydrogens is 234 g/mol. The van der Waals surface area contributed by atoms with Crippen LogP contribution in [0.2, 0.25) is 0 Å². The van der Waals surface area contributed by atoms with Crippen LogP contribution in [0.15, 0.2) is 16.6 Å². The van der Waals surface area contributed by atoms with Gasteiger partial charge in [0.15, 0.2) is 0 Å². The lowest BCUT2D eigenvalue weighted by atomic mass is 10.3. The molecule has 2 nitrogen and oxygen atoms in total. The predicted octanol–water partition coefficient (Wildman–Crippen LogP) is 1.86. The summed E-state index contributed by atoms with van der Waals surface area (Å²) in [4.78, 5) is 3.55. The molecule has 1 aromatic heterocycles. The van der Waals surface area contributed by atoms with Crippen LogP contribution >= 0.6 is 28.3 Å². The SMILES string of the molecule is Cl.NCc1ccc(Br)c(F)n1. The van der Waals surface area contributed by atoms with E-state index in [-0.39, 0.29) is 19.0 Å². The lowest BCUT2D eigenvalue weighted by molar-refractivity contribution is 0.570. The van der Waals surface area contributed by atoms with Crippen molar-refractivity contribution in [3.05, 3.63) is 28.2 Å². The van der Waals surface area contributed by atoms with E-state index < -0.39 is 5.95 Å². The fourth-order valence-electron chi connectivity index (χ4n) is 0.569. The molecule has 0 fully saturated rings. The molecule has 0 aliphatic heterocycles. The first kappa shape index (κ1) is 10.8. The lowest BCUT2D eigenvalue weighted by Crippen LogP contribution is -2.00. The van der Waals surface area contributed by atoms with Gasteiger partial charge < -0.3 is 5.73 Å². The quantitative estimate of drug-likeness (QED) is 0.762. The molecule has 0 amide bonds. The number of halogens is 3. The number of nitrogens with two attached hydrogens (primary N) is 1. The summed E-state index contributed by atoms with van der Waals surface area (Å²) < 4.78 is 12.9. The Kier molecular flexibility index (Phi) is 4.56. The summed E-state index contributed by atoms with van der Waals surface area (Å²) >= 11 is 2.98. The Hall–Kier alpha value is -0.190. The molecule has 0 saturated carbocycles. The highest BCUT2D eigenvalue weighted by atomic mass is 79.9. The van der Waals surface area contributed by atoms with Crippen molar-refractivity contribution in [2.45, 2.75) is 6.54 Å². The zero-order valence-corrected chi connectivity index (χ0v) is 7.95. The van der Waals surface area contributed by atoms with Gasteiger partial charge in [0.1, 0.15) is 0 Å². The maximum Gasteiger partial charge on any atom is 0.227 e. The van der Waals surface area contributed by atoms with E-state index in [0.717, 1.165) is 0 Å². The monoisotopic (exact) mass is 240 g/mol. The molecule has 0 bridgehead atoms. The van der Waals surface area contributed by atoms with Gasteiger partial charge in [-0.2, -0.15) is 4.39 Å². The number of hydrogen-bond acceptors (Lipinski definition) is 2. The molecular formula is C6H7BrClFN2. The first-order valence-corrected chi connectivity index (χ1v) is 3.54.